The van der Waals surface area contributed by atoms with Gasteiger partial charge in [-0.25, -0.2) is 5.43 Å². The average molecular weight is 328 g/mol. The maximum Gasteiger partial charge on any atom is 0.271 e. The van der Waals surface area contributed by atoms with Crippen molar-refractivity contribution in [1.29, 1.82) is 0 Å². The highest BCUT2D eigenvalue weighted by atomic mass is 16.5. The van der Waals surface area contributed by atoms with E-state index in [0.717, 1.165) is 36.1 Å². The van der Waals surface area contributed by atoms with Gasteiger partial charge in [0.2, 0.25) is 0 Å². The van der Waals surface area contributed by atoms with E-state index in [1.54, 1.807) is 12.1 Å². The Kier molecular flexibility index (Phi) is 5.54. The summed E-state index contributed by atoms with van der Waals surface area (Å²) in [5.74, 6) is 2.31. The average Bonchev–Trinajstić information content (AvgIpc) is 2.59. The van der Waals surface area contributed by atoms with Crippen molar-refractivity contribution in [2.45, 2.75) is 64.9 Å². The second-order valence-electron chi connectivity index (χ2n) is 7.36. The zero-order chi connectivity index (χ0) is 16.9. The van der Waals surface area contributed by atoms with Gasteiger partial charge in [-0.1, -0.05) is 19.3 Å². The second kappa shape index (κ2) is 7.82. The van der Waals surface area contributed by atoms with E-state index in [2.05, 4.69) is 10.5 Å². The van der Waals surface area contributed by atoms with Crippen molar-refractivity contribution in [3.05, 3.63) is 29.8 Å². The van der Waals surface area contributed by atoms with E-state index in [1.807, 2.05) is 26.0 Å². The van der Waals surface area contributed by atoms with Gasteiger partial charge >= 0.3 is 0 Å². The number of fused-ring (bicyclic) bond motifs is 1. The van der Waals surface area contributed by atoms with Gasteiger partial charge in [-0.15, -0.1) is 0 Å². The van der Waals surface area contributed by atoms with Gasteiger partial charge in [0.25, 0.3) is 5.91 Å². The Bertz CT molecular complexity index is 592. The van der Waals surface area contributed by atoms with E-state index in [0.29, 0.717) is 5.56 Å². The first-order valence-corrected chi connectivity index (χ1v) is 9.24. The van der Waals surface area contributed by atoms with Gasteiger partial charge in [-0.3, -0.25) is 4.79 Å². The molecule has 24 heavy (non-hydrogen) atoms. The van der Waals surface area contributed by atoms with Gasteiger partial charge in [0.1, 0.15) is 5.75 Å². The number of hydrogen-bond acceptors (Lipinski definition) is 3. The summed E-state index contributed by atoms with van der Waals surface area (Å²) >= 11 is 0. The van der Waals surface area contributed by atoms with Gasteiger partial charge in [0.05, 0.1) is 6.10 Å². The summed E-state index contributed by atoms with van der Waals surface area (Å²) < 4.78 is 5.60. The van der Waals surface area contributed by atoms with Crippen LogP contribution in [0.25, 0.3) is 0 Å². The minimum Gasteiger partial charge on any atom is -0.491 e. The van der Waals surface area contributed by atoms with Crippen molar-refractivity contribution < 1.29 is 9.53 Å². The molecule has 1 aromatic carbocycles. The Morgan fingerprint density at radius 2 is 1.83 bits per heavy atom. The molecular weight excluding hydrogens is 300 g/mol. The van der Waals surface area contributed by atoms with Crippen molar-refractivity contribution in [2.24, 2.45) is 16.9 Å². The molecule has 0 spiro atoms. The molecule has 0 aromatic heterocycles. The smallest absolute Gasteiger partial charge is 0.271 e. The van der Waals surface area contributed by atoms with Crippen molar-refractivity contribution >= 4 is 11.6 Å². The van der Waals surface area contributed by atoms with Crippen LogP contribution < -0.4 is 10.2 Å². The number of nitrogens with zero attached hydrogens (tertiary/aromatic N) is 1. The molecule has 0 aliphatic heterocycles. The molecule has 2 fully saturated rings. The second-order valence-corrected chi connectivity index (χ2v) is 7.36. The Morgan fingerprint density at radius 3 is 2.54 bits per heavy atom. The fourth-order valence-electron chi connectivity index (χ4n) is 3.94. The van der Waals surface area contributed by atoms with Crippen molar-refractivity contribution in [1.82, 2.24) is 5.43 Å². The van der Waals surface area contributed by atoms with Crippen LogP contribution in [0.2, 0.25) is 0 Å². The van der Waals surface area contributed by atoms with Crippen LogP contribution in [-0.2, 0) is 0 Å². The van der Waals surface area contributed by atoms with E-state index in [1.165, 1.54) is 32.1 Å². The number of ether oxygens (including phenoxy) is 1. The molecule has 1 N–H and O–H groups in total. The minimum atomic E-state index is -0.149. The lowest BCUT2D eigenvalue weighted by Gasteiger charge is -2.35. The third kappa shape index (κ3) is 4.37. The van der Waals surface area contributed by atoms with Crippen LogP contribution in [0.4, 0.5) is 0 Å². The Hall–Kier alpha value is -1.84. The summed E-state index contributed by atoms with van der Waals surface area (Å²) in [4.78, 5) is 12.2. The molecule has 4 nitrogen and oxygen atoms in total. The van der Waals surface area contributed by atoms with E-state index < -0.39 is 0 Å². The molecule has 0 unspecified atom stereocenters. The highest BCUT2D eigenvalue weighted by Crippen LogP contribution is 2.39. The molecular formula is C20H28N2O2. The lowest BCUT2D eigenvalue weighted by atomic mass is 9.70. The largest absolute Gasteiger partial charge is 0.491 e. The van der Waals surface area contributed by atoms with E-state index in [-0.39, 0.29) is 12.0 Å². The van der Waals surface area contributed by atoms with Crippen LogP contribution in [0.15, 0.2) is 29.4 Å². The molecule has 2 aliphatic carbocycles. The maximum atomic E-state index is 12.2. The van der Waals surface area contributed by atoms with Crippen LogP contribution in [0.5, 0.6) is 5.75 Å². The third-order valence-electron chi connectivity index (χ3n) is 5.17. The molecule has 4 heteroatoms. The predicted octanol–water partition coefficient (Wildman–Crippen LogP) is 4.55. The molecule has 1 aromatic rings. The molecule has 2 aliphatic rings. The quantitative estimate of drug-likeness (QED) is 0.824. The molecule has 0 radical (unpaired) electrons. The number of hydrogen-bond donors (Lipinski definition) is 1. The summed E-state index contributed by atoms with van der Waals surface area (Å²) in [7, 11) is 0. The van der Waals surface area contributed by atoms with E-state index in [9.17, 15) is 4.79 Å². The number of rotatable bonds is 4. The SMILES string of the molecule is CC(C)Oc1ccc(C(=O)N/N=C2/CC[C@@H]3CCCC[C@@H]3C2)cc1. The zero-order valence-electron chi connectivity index (χ0n) is 14.8. The van der Waals surface area contributed by atoms with Crippen molar-refractivity contribution in [2.75, 3.05) is 0 Å². The van der Waals surface area contributed by atoms with Crippen LogP contribution >= 0.6 is 0 Å². The van der Waals surface area contributed by atoms with Gasteiger partial charge in [0.15, 0.2) is 0 Å². The zero-order valence-corrected chi connectivity index (χ0v) is 14.8. The molecule has 2 atom stereocenters. The number of carbonyl (C=O) groups excluding carboxylic acids is 1. The molecule has 0 heterocycles. The third-order valence-corrected chi connectivity index (χ3v) is 5.17. The topological polar surface area (TPSA) is 50.7 Å². The summed E-state index contributed by atoms with van der Waals surface area (Å²) in [6.45, 7) is 3.97. The normalized spacial score (nSPS) is 25.4. The predicted molar refractivity (Wildman–Crippen MR) is 96.4 cm³/mol. The van der Waals surface area contributed by atoms with Crippen molar-refractivity contribution in [3.8, 4) is 5.75 Å². The first kappa shape index (κ1) is 17.0. The Balaban J connectivity index is 1.54. The fraction of sp³-hybridized carbons (Fsp3) is 0.600. The lowest BCUT2D eigenvalue weighted by molar-refractivity contribution is 0.0954. The summed E-state index contributed by atoms with van der Waals surface area (Å²) in [5, 5.41) is 4.41. The lowest BCUT2D eigenvalue weighted by Crippen LogP contribution is -2.29. The molecule has 1 amide bonds. The Morgan fingerprint density at radius 1 is 1.12 bits per heavy atom. The standard InChI is InChI=1S/C20H28N2O2/c1-14(2)24-19-11-8-16(9-12-19)20(23)22-21-18-10-7-15-5-3-4-6-17(15)13-18/h8-9,11-12,14-15,17H,3-7,10,13H2,1-2H3,(H,22,23)/b21-18-/t15-,17+/m0/s1. The monoisotopic (exact) mass is 328 g/mol. The molecule has 0 saturated heterocycles. The van der Waals surface area contributed by atoms with Crippen LogP contribution in [0.1, 0.15) is 69.2 Å². The van der Waals surface area contributed by atoms with E-state index >= 15 is 0 Å². The van der Waals surface area contributed by atoms with Gasteiger partial charge < -0.3 is 4.74 Å². The summed E-state index contributed by atoms with van der Waals surface area (Å²) in [6.07, 6.45) is 8.91. The van der Waals surface area contributed by atoms with Gasteiger partial charge in [0, 0.05) is 11.3 Å². The summed E-state index contributed by atoms with van der Waals surface area (Å²) in [6, 6.07) is 7.22. The minimum absolute atomic E-state index is 0.131. The van der Waals surface area contributed by atoms with Gasteiger partial charge in [-0.05, 0) is 75.6 Å². The molecule has 0 bridgehead atoms. The molecule has 130 valence electrons. The highest BCUT2D eigenvalue weighted by Gasteiger charge is 2.30. The number of hydrazone groups is 1. The number of benzene rings is 1. The summed E-state index contributed by atoms with van der Waals surface area (Å²) in [5.41, 5.74) is 4.50. The maximum absolute atomic E-state index is 12.2. The number of carbonyl (C=O) groups is 1. The Labute approximate surface area is 144 Å². The fourth-order valence-corrected chi connectivity index (χ4v) is 3.94. The van der Waals surface area contributed by atoms with Gasteiger partial charge in [-0.2, -0.15) is 5.10 Å². The number of amides is 1. The molecule has 2 saturated carbocycles. The van der Waals surface area contributed by atoms with Crippen LogP contribution in [0, 0.1) is 11.8 Å². The van der Waals surface area contributed by atoms with Crippen LogP contribution in [-0.4, -0.2) is 17.7 Å². The van der Waals surface area contributed by atoms with E-state index in [4.69, 9.17) is 4.74 Å². The highest BCUT2D eigenvalue weighted by molar-refractivity contribution is 5.95. The van der Waals surface area contributed by atoms with Crippen LogP contribution in [0.3, 0.4) is 0 Å². The van der Waals surface area contributed by atoms with Crippen molar-refractivity contribution in [3.63, 3.8) is 0 Å². The molecule has 3 rings (SSSR count). The first-order chi connectivity index (χ1) is 11.6. The number of nitrogens with one attached hydrogen (secondary N) is 1. The first-order valence-electron chi connectivity index (χ1n) is 9.24.